The van der Waals surface area contributed by atoms with E-state index in [1.54, 1.807) is 45.7 Å². The topological polar surface area (TPSA) is 118 Å². The minimum Gasteiger partial charge on any atom is -0.497 e. The number of fused-ring (bicyclic) bond motifs is 1. The van der Waals surface area contributed by atoms with Crippen LogP contribution in [-0.4, -0.2) is 46.2 Å². The van der Waals surface area contributed by atoms with E-state index in [4.69, 9.17) is 9.47 Å². The fourth-order valence-electron chi connectivity index (χ4n) is 3.77. The van der Waals surface area contributed by atoms with E-state index < -0.39 is 16.0 Å². The van der Waals surface area contributed by atoms with E-state index in [9.17, 15) is 9.32 Å². The minimum atomic E-state index is -3.04. The summed E-state index contributed by atoms with van der Waals surface area (Å²) in [6, 6.07) is 18.1. The highest BCUT2D eigenvalue weighted by Crippen LogP contribution is 2.30. The molecular weight excluding hydrogens is 490 g/mol. The van der Waals surface area contributed by atoms with Gasteiger partial charge in [0.1, 0.15) is 21.2 Å². The predicted octanol–water partition coefficient (Wildman–Crippen LogP) is 4.86. The monoisotopic (exact) mass is 521 g/mol. The van der Waals surface area contributed by atoms with Crippen molar-refractivity contribution < 1.29 is 18.8 Å². The van der Waals surface area contributed by atoms with Crippen LogP contribution in [0.15, 0.2) is 82.3 Å². The molecule has 4 rings (SSSR count). The number of nitrogens with one attached hydrogen (secondary N) is 2. The lowest BCUT2D eigenvalue weighted by Crippen LogP contribution is -2.31. The second-order valence-corrected chi connectivity index (χ2v) is 10.5. The van der Waals surface area contributed by atoms with E-state index in [2.05, 4.69) is 24.4 Å². The van der Waals surface area contributed by atoms with Gasteiger partial charge in [-0.25, -0.2) is 18.3 Å². The zero-order valence-electron chi connectivity index (χ0n) is 21.2. The smallest absolute Gasteiger partial charge is 0.240 e. The average molecular weight is 522 g/mol. The molecule has 0 aliphatic heterocycles. The molecule has 0 spiro atoms. The van der Waals surface area contributed by atoms with Crippen LogP contribution in [0.25, 0.3) is 10.9 Å². The van der Waals surface area contributed by atoms with Gasteiger partial charge < -0.3 is 19.9 Å². The molecule has 4 aromatic rings. The number of methoxy groups -OCH3 is 2. The summed E-state index contributed by atoms with van der Waals surface area (Å²) in [4.78, 5) is 9.11. The van der Waals surface area contributed by atoms with Gasteiger partial charge >= 0.3 is 0 Å². The summed E-state index contributed by atoms with van der Waals surface area (Å²) in [5.74, 6) is 1.19. The summed E-state index contributed by atoms with van der Waals surface area (Å²) >= 11 is 0. The van der Waals surface area contributed by atoms with Crippen molar-refractivity contribution in [2.24, 2.45) is 4.36 Å². The predicted molar refractivity (Wildman–Crippen MR) is 146 cm³/mol. The third-order valence-electron chi connectivity index (χ3n) is 5.75. The number of hydrogen-bond acceptors (Lipinski definition) is 8. The van der Waals surface area contributed by atoms with E-state index in [0.29, 0.717) is 16.3 Å². The third-order valence-corrected chi connectivity index (χ3v) is 7.83. The Labute approximate surface area is 217 Å². The largest absolute Gasteiger partial charge is 0.497 e. The molecule has 2 aromatic heterocycles. The van der Waals surface area contributed by atoms with Gasteiger partial charge in [-0.3, -0.25) is 4.98 Å². The Morgan fingerprint density at radius 1 is 0.946 bits per heavy atom. The maximum Gasteiger partial charge on any atom is 0.240 e. The first-order chi connectivity index (χ1) is 17.8. The average Bonchev–Trinajstić information content (AvgIpc) is 2.92. The number of anilines is 2. The molecule has 0 aliphatic carbocycles. The van der Waals surface area contributed by atoms with Gasteiger partial charge in [-0.15, -0.1) is 0 Å². The lowest BCUT2D eigenvalue weighted by atomic mass is 10.1. The summed E-state index contributed by atoms with van der Waals surface area (Å²) < 4.78 is 32.2. The van der Waals surface area contributed by atoms with Gasteiger partial charge in [0.15, 0.2) is 0 Å². The Kier molecular flexibility index (Phi) is 8.22. The Morgan fingerprint density at radius 2 is 1.65 bits per heavy atom. The van der Waals surface area contributed by atoms with Crippen molar-refractivity contribution in [3.05, 3.63) is 78.6 Å². The number of aliphatic hydroxyl groups is 1. The molecule has 10 heteroatoms. The fraction of sp³-hybridized carbons (Fsp3) is 0.259. The van der Waals surface area contributed by atoms with Crippen molar-refractivity contribution in [3.8, 4) is 11.6 Å². The van der Waals surface area contributed by atoms with Crippen molar-refractivity contribution in [2.45, 2.75) is 30.9 Å². The Bertz CT molecular complexity index is 1470. The lowest BCUT2D eigenvalue weighted by Gasteiger charge is -2.17. The zero-order chi connectivity index (χ0) is 26.4. The summed E-state index contributed by atoms with van der Waals surface area (Å²) in [6.07, 6.45) is 2.68. The number of hydrogen-bond donors (Lipinski definition) is 3. The second kappa shape index (κ2) is 11.5. The summed E-state index contributed by atoms with van der Waals surface area (Å²) in [6.45, 7) is 3.66. The molecule has 3 N–H and O–H groups in total. The number of pyridine rings is 2. The zero-order valence-corrected chi connectivity index (χ0v) is 22.0. The number of ether oxygens (including phenoxy) is 2. The first-order valence-corrected chi connectivity index (χ1v) is 13.3. The van der Waals surface area contributed by atoms with Crippen LogP contribution >= 0.6 is 0 Å². The lowest BCUT2D eigenvalue weighted by molar-refractivity contribution is 0.199. The van der Waals surface area contributed by atoms with E-state index in [0.717, 1.165) is 28.1 Å². The van der Waals surface area contributed by atoms with Crippen LogP contribution in [0.1, 0.15) is 25.5 Å². The SMILES string of the molecule is COc1ccc([C@@H](C)N=[S@@](=O)(NC[C@@H](C)O)c2ccc(Nc3ccnc4c(OC)nccc34)cc2)cc1. The van der Waals surface area contributed by atoms with E-state index in [1.807, 2.05) is 55.5 Å². The molecule has 0 saturated carbocycles. The number of rotatable bonds is 10. The van der Waals surface area contributed by atoms with Crippen molar-refractivity contribution >= 4 is 32.2 Å². The summed E-state index contributed by atoms with van der Waals surface area (Å²) in [7, 11) is 0.134. The minimum absolute atomic E-state index is 0.135. The Balaban J connectivity index is 1.64. The van der Waals surface area contributed by atoms with Crippen LogP contribution in [0.4, 0.5) is 11.4 Å². The summed E-state index contributed by atoms with van der Waals surface area (Å²) in [5, 5.41) is 14.1. The van der Waals surface area contributed by atoms with Crippen molar-refractivity contribution in [1.82, 2.24) is 14.7 Å². The van der Waals surface area contributed by atoms with Gasteiger partial charge in [-0.1, -0.05) is 12.1 Å². The van der Waals surface area contributed by atoms with Gasteiger partial charge in [0.2, 0.25) is 5.88 Å². The van der Waals surface area contributed by atoms with Crippen LogP contribution in [0.3, 0.4) is 0 Å². The van der Waals surface area contributed by atoms with E-state index in [-0.39, 0.29) is 12.6 Å². The van der Waals surface area contributed by atoms with Crippen LogP contribution < -0.4 is 19.5 Å². The van der Waals surface area contributed by atoms with Gasteiger partial charge in [-0.05, 0) is 67.9 Å². The van der Waals surface area contributed by atoms with Crippen molar-refractivity contribution in [3.63, 3.8) is 0 Å². The number of benzene rings is 2. The molecule has 0 aliphatic rings. The van der Waals surface area contributed by atoms with Crippen LogP contribution in [0.5, 0.6) is 11.6 Å². The third kappa shape index (κ3) is 6.16. The molecule has 0 fully saturated rings. The molecule has 0 amide bonds. The normalized spacial score (nSPS) is 14.4. The molecule has 0 unspecified atom stereocenters. The number of aromatic nitrogens is 2. The maximum absolute atomic E-state index is 14.1. The molecular formula is C27H31N5O4S. The van der Waals surface area contributed by atoms with Crippen molar-refractivity contribution in [2.75, 3.05) is 26.1 Å². The fourth-order valence-corrected chi connectivity index (χ4v) is 5.67. The molecule has 0 saturated heterocycles. The molecule has 194 valence electrons. The molecule has 2 aromatic carbocycles. The quantitative estimate of drug-likeness (QED) is 0.273. The van der Waals surface area contributed by atoms with Gasteiger partial charge in [0, 0.05) is 35.7 Å². The van der Waals surface area contributed by atoms with Crippen LogP contribution in [0, 0.1) is 0 Å². The van der Waals surface area contributed by atoms with Crippen molar-refractivity contribution in [1.29, 1.82) is 0 Å². The Morgan fingerprint density at radius 3 is 2.30 bits per heavy atom. The molecule has 37 heavy (non-hydrogen) atoms. The molecule has 9 nitrogen and oxygen atoms in total. The van der Waals surface area contributed by atoms with Crippen LogP contribution in [-0.2, 0) is 9.92 Å². The van der Waals surface area contributed by atoms with E-state index >= 15 is 0 Å². The van der Waals surface area contributed by atoms with E-state index in [1.165, 1.54) is 0 Å². The second-order valence-electron chi connectivity index (χ2n) is 8.50. The molecule has 3 atom stereocenters. The number of aliphatic hydroxyl groups excluding tert-OH is 1. The first-order valence-electron chi connectivity index (χ1n) is 11.8. The Hall–Kier alpha value is -3.73. The maximum atomic E-state index is 14.1. The van der Waals surface area contributed by atoms with Crippen LogP contribution in [0.2, 0.25) is 0 Å². The highest BCUT2D eigenvalue weighted by atomic mass is 32.2. The highest BCUT2D eigenvalue weighted by molar-refractivity contribution is 7.91. The summed E-state index contributed by atoms with van der Waals surface area (Å²) in [5.41, 5.74) is 3.19. The molecule has 2 heterocycles. The van der Waals surface area contributed by atoms with Gasteiger partial charge in [-0.2, -0.15) is 0 Å². The first kappa shape index (κ1) is 26.3. The van der Waals surface area contributed by atoms with Gasteiger partial charge in [0.05, 0.1) is 31.3 Å². The van der Waals surface area contributed by atoms with Gasteiger partial charge in [0.25, 0.3) is 0 Å². The molecule has 0 bridgehead atoms. The highest BCUT2D eigenvalue weighted by Gasteiger charge is 2.17. The standard InChI is InChI=1S/C27H31N5O4S/c1-18(33)17-30-37(34,32-19(2)20-5-9-22(35-3)10-6-20)23-11-7-21(8-12-23)31-25-14-16-28-26-24(25)13-15-29-27(26)36-4/h5-16,18-19,33H,17H2,1-4H3,(H,28,31)(H,30,32,34)/t18-,19-,37+/m1/s1. The number of nitrogens with zero attached hydrogens (tertiary/aromatic N) is 3. The molecule has 0 radical (unpaired) electrons.